The lowest BCUT2D eigenvalue weighted by Crippen LogP contribution is -2.40. The van der Waals surface area contributed by atoms with Crippen LogP contribution in [0.5, 0.6) is 5.88 Å². The summed E-state index contributed by atoms with van der Waals surface area (Å²) in [6, 6.07) is 2.36. The molecule has 2 heterocycles. The van der Waals surface area contributed by atoms with Gasteiger partial charge in [-0.25, -0.2) is 4.98 Å². The molecule has 0 atom stereocenters. The van der Waals surface area contributed by atoms with Gasteiger partial charge in [0, 0.05) is 18.3 Å². The molecule has 0 unspecified atom stereocenters. The second-order valence-electron chi connectivity index (χ2n) is 6.88. The first kappa shape index (κ1) is 17.5. The monoisotopic (exact) mass is 349 g/mol. The van der Waals surface area contributed by atoms with E-state index < -0.39 is 0 Å². The zero-order valence-corrected chi connectivity index (χ0v) is 15.1. The van der Waals surface area contributed by atoms with Crippen LogP contribution < -0.4 is 15.8 Å². The predicted octanol–water partition coefficient (Wildman–Crippen LogP) is 2.66. The fourth-order valence-corrected chi connectivity index (χ4v) is 4.35. The highest BCUT2D eigenvalue weighted by Gasteiger charge is 2.24. The van der Waals surface area contributed by atoms with Crippen molar-refractivity contribution in [2.45, 2.75) is 63.6 Å². The van der Waals surface area contributed by atoms with Crippen molar-refractivity contribution in [3.05, 3.63) is 23.4 Å². The lowest BCUT2D eigenvalue weighted by Gasteiger charge is -2.27. The third-order valence-corrected chi connectivity index (χ3v) is 5.83. The Bertz CT molecular complexity index is 567. The number of ether oxygens (including phenoxy) is 1. The smallest absolute Gasteiger partial charge is 0.256 e. The molecule has 2 fully saturated rings. The van der Waals surface area contributed by atoms with E-state index in [-0.39, 0.29) is 24.1 Å². The molecule has 24 heavy (non-hydrogen) atoms. The second kappa shape index (κ2) is 8.21. The van der Waals surface area contributed by atoms with Gasteiger partial charge in [0.25, 0.3) is 5.91 Å². The molecule has 0 spiro atoms. The van der Waals surface area contributed by atoms with E-state index in [1.165, 1.54) is 0 Å². The average Bonchev–Trinajstić information content (AvgIpc) is 2.59. The molecule has 0 radical (unpaired) electrons. The first-order chi connectivity index (χ1) is 11.6. The summed E-state index contributed by atoms with van der Waals surface area (Å²) in [7, 11) is 0. The van der Waals surface area contributed by atoms with Gasteiger partial charge in [-0.05, 0) is 68.6 Å². The lowest BCUT2D eigenvalue weighted by atomic mass is 9.91. The molecule has 5 nitrogen and oxygen atoms in total. The largest absolute Gasteiger partial charge is 0.474 e. The molecule has 2 aliphatic rings. The lowest BCUT2D eigenvalue weighted by molar-refractivity contribution is 0.0915. The van der Waals surface area contributed by atoms with Gasteiger partial charge in [0.15, 0.2) is 0 Å². The normalized spacial score (nSPS) is 25.2. The highest BCUT2D eigenvalue weighted by molar-refractivity contribution is 7.99. The molecule has 3 N–H and O–H groups in total. The van der Waals surface area contributed by atoms with Crippen LogP contribution in [0.3, 0.4) is 0 Å². The first-order valence-electron chi connectivity index (χ1n) is 8.89. The van der Waals surface area contributed by atoms with Crippen LogP contribution in [0.25, 0.3) is 0 Å². The van der Waals surface area contributed by atoms with Crippen LogP contribution in [0.2, 0.25) is 0 Å². The van der Waals surface area contributed by atoms with E-state index in [1.54, 1.807) is 6.20 Å². The number of pyridine rings is 1. The van der Waals surface area contributed by atoms with Gasteiger partial charge in [-0.3, -0.25) is 4.79 Å². The molecule has 1 aromatic heterocycles. The van der Waals surface area contributed by atoms with Crippen LogP contribution in [0.15, 0.2) is 12.3 Å². The predicted molar refractivity (Wildman–Crippen MR) is 97.6 cm³/mol. The van der Waals surface area contributed by atoms with Crippen molar-refractivity contribution in [3.63, 3.8) is 0 Å². The van der Waals surface area contributed by atoms with Gasteiger partial charge in [0.05, 0.1) is 0 Å². The van der Waals surface area contributed by atoms with Gasteiger partial charge in [-0.15, -0.1) is 0 Å². The minimum absolute atomic E-state index is 0.0770. The van der Waals surface area contributed by atoms with Crippen molar-refractivity contribution in [1.82, 2.24) is 10.3 Å². The maximum atomic E-state index is 12.7. The number of nitrogens with one attached hydrogen (secondary N) is 1. The molecule has 132 valence electrons. The zero-order chi connectivity index (χ0) is 16.9. The molecule has 1 saturated carbocycles. The van der Waals surface area contributed by atoms with Gasteiger partial charge in [0.2, 0.25) is 5.88 Å². The summed E-state index contributed by atoms with van der Waals surface area (Å²) in [5, 5.41) is 3.14. The summed E-state index contributed by atoms with van der Waals surface area (Å²) in [6.07, 6.45) is 7.80. The van der Waals surface area contributed by atoms with Gasteiger partial charge >= 0.3 is 0 Å². The van der Waals surface area contributed by atoms with E-state index in [0.29, 0.717) is 11.4 Å². The number of amides is 1. The number of hydrogen-bond acceptors (Lipinski definition) is 5. The SMILES string of the molecule is Cc1cnc(OC2CCSCC2)c(C(=O)NC2CCC(N)CC2)c1. The highest BCUT2D eigenvalue weighted by atomic mass is 32.2. The third kappa shape index (κ3) is 4.63. The molecule has 1 amide bonds. The molecule has 0 aromatic carbocycles. The van der Waals surface area contributed by atoms with Crippen molar-refractivity contribution >= 4 is 17.7 Å². The summed E-state index contributed by atoms with van der Waals surface area (Å²) in [5.74, 6) is 2.62. The topological polar surface area (TPSA) is 77.2 Å². The minimum Gasteiger partial charge on any atom is -0.474 e. The first-order valence-corrected chi connectivity index (χ1v) is 10.0. The van der Waals surface area contributed by atoms with E-state index in [0.717, 1.165) is 55.6 Å². The van der Waals surface area contributed by atoms with Crippen LogP contribution in [0, 0.1) is 6.92 Å². The van der Waals surface area contributed by atoms with E-state index in [9.17, 15) is 4.79 Å². The van der Waals surface area contributed by atoms with Gasteiger partial charge in [0.1, 0.15) is 11.7 Å². The second-order valence-corrected chi connectivity index (χ2v) is 8.10. The fourth-order valence-electron chi connectivity index (χ4n) is 3.29. The van der Waals surface area contributed by atoms with E-state index in [2.05, 4.69) is 10.3 Å². The Morgan fingerprint density at radius 3 is 2.67 bits per heavy atom. The summed E-state index contributed by atoms with van der Waals surface area (Å²) < 4.78 is 6.06. The van der Waals surface area contributed by atoms with Gasteiger partial charge < -0.3 is 15.8 Å². The van der Waals surface area contributed by atoms with Crippen molar-refractivity contribution in [1.29, 1.82) is 0 Å². The molecular formula is C18H27N3O2S. The Hall–Kier alpha value is -1.27. The van der Waals surface area contributed by atoms with Gasteiger partial charge in [-0.1, -0.05) is 0 Å². The Kier molecular flexibility index (Phi) is 6.00. The average molecular weight is 350 g/mol. The van der Waals surface area contributed by atoms with Crippen LogP contribution in [0.4, 0.5) is 0 Å². The number of carbonyl (C=O) groups excluding carboxylic acids is 1. The maximum Gasteiger partial charge on any atom is 0.256 e. The quantitative estimate of drug-likeness (QED) is 0.874. The van der Waals surface area contributed by atoms with E-state index in [1.807, 2.05) is 24.8 Å². The van der Waals surface area contributed by atoms with E-state index in [4.69, 9.17) is 10.5 Å². The number of hydrogen-bond donors (Lipinski definition) is 2. The number of thioether (sulfide) groups is 1. The van der Waals surface area contributed by atoms with Crippen molar-refractivity contribution in [2.24, 2.45) is 5.73 Å². The number of nitrogens with zero attached hydrogens (tertiary/aromatic N) is 1. The Balaban J connectivity index is 1.68. The summed E-state index contributed by atoms with van der Waals surface area (Å²) in [4.78, 5) is 17.1. The number of aromatic nitrogens is 1. The Labute approximate surface area is 148 Å². The van der Waals surface area contributed by atoms with Crippen molar-refractivity contribution < 1.29 is 9.53 Å². The number of nitrogens with two attached hydrogens (primary N) is 1. The van der Waals surface area contributed by atoms with E-state index >= 15 is 0 Å². The number of carbonyl (C=O) groups is 1. The molecule has 1 saturated heterocycles. The zero-order valence-electron chi connectivity index (χ0n) is 14.3. The molecule has 1 aliphatic heterocycles. The minimum atomic E-state index is -0.0770. The number of rotatable bonds is 4. The molecule has 3 rings (SSSR count). The molecule has 1 aliphatic carbocycles. The Morgan fingerprint density at radius 1 is 1.25 bits per heavy atom. The van der Waals surface area contributed by atoms with Gasteiger partial charge in [-0.2, -0.15) is 11.8 Å². The van der Waals surface area contributed by atoms with Crippen molar-refractivity contribution in [3.8, 4) is 5.88 Å². The number of aryl methyl sites for hydroxylation is 1. The van der Waals surface area contributed by atoms with Crippen LogP contribution in [-0.4, -0.2) is 40.6 Å². The summed E-state index contributed by atoms with van der Waals surface area (Å²) in [6.45, 7) is 1.95. The standard InChI is InChI=1S/C18H27N3O2S/c1-12-10-16(17(22)21-14-4-2-13(19)3-5-14)18(20-11-12)23-15-6-8-24-9-7-15/h10-11,13-15H,2-9,19H2,1H3,(H,21,22). The fraction of sp³-hybridized carbons (Fsp3) is 0.667. The van der Waals surface area contributed by atoms with Crippen LogP contribution >= 0.6 is 11.8 Å². The Morgan fingerprint density at radius 2 is 1.96 bits per heavy atom. The molecular weight excluding hydrogens is 322 g/mol. The summed E-state index contributed by atoms with van der Waals surface area (Å²) in [5.41, 5.74) is 7.47. The van der Waals surface area contributed by atoms with Crippen LogP contribution in [-0.2, 0) is 0 Å². The maximum absolute atomic E-state index is 12.7. The van der Waals surface area contributed by atoms with Crippen LogP contribution in [0.1, 0.15) is 54.4 Å². The highest BCUT2D eigenvalue weighted by Crippen LogP contribution is 2.25. The molecule has 0 bridgehead atoms. The molecule has 6 heteroatoms. The van der Waals surface area contributed by atoms with Crippen molar-refractivity contribution in [2.75, 3.05) is 11.5 Å². The third-order valence-electron chi connectivity index (χ3n) is 4.79. The summed E-state index contributed by atoms with van der Waals surface area (Å²) >= 11 is 1.96. The molecule has 1 aromatic rings.